The molecule has 35 heavy (non-hydrogen) atoms. The van der Waals surface area contributed by atoms with Gasteiger partial charge in [-0.1, -0.05) is 35.9 Å². The molecule has 0 aromatic heterocycles. The van der Waals surface area contributed by atoms with E-state index in [1.165, 1.54) is 12.1 Å². The molecule has 0 radical (unpaired) electrons. The summed E-state index contributed by atoms with van der Waals surface area (Å²) in [6.07, 6.45) is 0. The van der Waals surface area contributed by atoms with Crippen molar-refractivity contribution < 1.29 is 17.9 Å². The zero-order valence-electron chi connectivity index (χ0n) is 19.2. The first kappa shape index (κ1) is 24.0. The third-order valence-electron chi connectivity index (χ3n) is 5.50. The van der Waals surface area contributed by atoms with Crippen molar-refractivity contribution in [3.8, 4) is 5.75 Å². The summed E-state index contributed by atoms with van der Waals surface area (Å²) in [4.78, 5) is 24.2. The number of ether oxygens (including phenoxy) is 1. The first-order chi connectivity index (χ1) is 16.9. The Kier molecular flexibility index (Phi) is 6.83. The number of nitroso groups, excluding NO2 is 1. The maximum Gasteiger partial charge on any atom is 0.292 e. The van der Waals surface area contributed by atoms with Gasteiger partial charge in [-0.15, -0.1) is 4.91 Å². The van der Waals surface area contributed by atoms with Crippen LogP contribution in [0.5, 0.6) is 5.75 Å². The molecule has 2 N–H and O–H groups in total. The predicted octanol–water partition coefficient (Wildman–Crippen LogP) is 4.22. The Labute approximate surface area is 203 Å². The maximum atomic E-state index is 14.0. The monoisotopic (exact) mass is 492 g/mol. The molecule has 180 valence electrons. The lowest BCUT2D eigenvalue weighted by Crippen LogP contribution is -2.38. The molecule has 1 aliphatic heterocycles. The minimum atomic E-state index is -4.31. The van der Waals surface area contributed by atoms with E-state index >= 15 is 0 Å². The minimum absolute atomic E-state index is 0.0502. The molecule has 1 heterocycles. The number of hydrogen-bond donors (Lipinski definition) is 2. The van der Waals surface area contributed by atoms with Gasteiger partial charge in [-0.25, -0.2) is 18.1 Å². The first-order valence-electron chi connectivity index (χ1n) is 10.9. The van der Waals surface area contributed by atoms with Gasteiger partial charge in [0.05, 0.1) is 22.5 Å². The molecular formula is C25H24N4O5S. The van der Waals surface area contributed by atoms with Crippen LogP contribution < -0.4 is 19.8 Å². The van der Waals surface area contributed by atoms with E-state index in [0.717, 1.165) is 15.6 Å². The van der Waals surface area contributed by atoms with Gasteiger partial charge in [-0.3, -0.25) is 4.79 Å². The molecule has 0 aliphatic carbocycles. The minimum Gasteiger partial charge on any atom is -0.494 e. The molecule has 9 nitrogen and oxygen atoms in total. The van der Waals surface area contributed by atoms with E-state index in [1.807, 2.05) is 31.4 Å². The SMILES string of the molecule is CCOc1ccc(S(=O)(=O)N(C(C(=O)NN=O)=C2CNc3ccccc32)c2ccc(C)cc2)cc1. The van der Waals surface area contributed by atoms with Gasteiger partial charge in [0.2, 0.25) is 0 Å². The highest BCUT2D eigenvalue weighted by Gasteiger charge is 2.36. The van der Waals surface area contributed by atoms with E-state index in [4.69, 9.17) is 4.74 Å². The number of fused-ring (bicyclic) bond motifs is 1. The highest BCUT2D eigenvalue weighted by molar-refractivity contribution is 7.93. The normalized spacial score (nSPS) is 13.9. The zero-order chi connectivity index (χ0) is 25.0. The summed E-state index contributed by atoms with van der Waals surface area (Å²) in [6, 6.07) is 19.9. The Balaban J connectivity index is 1.97. The highest BCUT2D eigenvalue weighted by Crippen LogP contribution is 2.38. The number of carbonyl (C=O) groups is 1. The Bertz CT molecular complexity index is 1380. The highest BCUT2D eigenvalue weighted by atomic mass is 32.2. The summed E-state index contributed by atoms with van der Waals surface area (Å²) in [5.74, 6) is -0.424. The van der Waals surface area contributed by atoms with E-state index < -0.39 is 15.9 Å². The number of benzene rings is 3. The molecule has 0 saturated carbocycles. The molecular weight excluding hydrogens is 468 g/mol. The average Bonchev–Trinajstić information content (AvgIpc) is 3.27. The third-order valence-corrected chi connectivity index (χ3v) is 7.24. The Morgan fingerprint density at radius 1 is 1.06 bits per heavy atom. The smallest absolute Gasteiger partial charge is 0.292 e. The second-order valence-electron chi connectivity index (χ2n) is 7.77. The molecule has 0 spiro atoms. The van der Waals surface area contributed by atoms with Crippen molar-refractivity contribution in [2.24, 2.45) is 5.29 Å². The lowest BCUT2D eigenvalue weighted by molar-refractivity contribution is -0.117. The summed E-state index contributed by atoms with van der Waals surface area (Å²) in [5.41, 5.74) is 4.62. The van der Waals surface area contributed by atoms with Crippen LogP contribution in [0, 0.1) is 11.8 Å². The molecule has 0 fully saturated rings. The lowest BCUT2D eigenvalue weighted by Gasteiger charge is -2.27. The van der Waals surface area contributed by atoms with Crippen molar-refractivity contribution in [3.63, 3.8) is 0 Å². The van der Waals surface area contributed by atoms with Crippen molar-refractivity contribution in [2.45, 2.75) is 18.7 Å². The fraction of sp³-hybridized carbons (Fsp3) is 0.160. The van der Waals surface area contributed by atoms with Crippen molar-refractivity contribution in [2.75, 3.05) is 22.8 Å². The van der Waals surface area contributed by atoms with Crippen LogP contribution in [0.3, 0.4) is 0 Å². The van der Waals surface area contributed by atoms with Gasteiger partial charge in [0.15, 0.2) is 0 Å². The molecule has 3 aromatic rings. The van der Waals surface area contributed by atoms with Gasteiger partial charge in [0, 0.05) is 23.4 Å². The van der Waals surface area contributed by atoms with Crippen LogP contribution in [0.4, 0.5) is 11.4 Å². The Hall–Kier alpha value is -4.18. The summed E-state index contributed by atoms with van der Waals surface area (Å²) >= 11 is 0. The van der Waals surface area contributed by atoms with Crippen molar-refractivity contribution >= 4 is 32.9 Å². The number of hydrogen-bond acceptors (Lipinski definition) is 7. The van der Waals surface area contributed by atoms with Gasteiger partial charge < -0.3 is 10.1 Å². The topological polar surface area (TPSA) is 117 Å². The number of carbonyl (C=O) groups excluding carboxylic acids is 1. The van der Waals surface area contributed by atoms with Crippen LogP contribution in [0.25, 0.3) is 5.57 Å². The van der Waals surface area contributed by atoms with Crippen molar-refractivity contribution in [3.05, 3.63) is 94.5 Å². The lowest BCUT2D eigenvalue weighted by atomic mass is 10.0. The number of anilines is 2. The Morgan fingerprint density at radius 3 is 2.40 bits per heavy atom. The molecule has 0 unspecified atom stereocenters. The largest absolute Gasteiger partial charge is 0.494 e. The number of nitrogens with one attached hydrogen (secondary N) is 2. The number of para-hydroxylation sites is 1. The number of rotatable bonds is 8. The quantitative estimate of drug-likeness (QED) is 0.276. The van der Waals surface area contributed by atoms with Gasteiger partial charge in [-0.2, -0.15) is 0 Å². The molecule has 1 aliphatic rings. The van der Waals surface area contributed by atoms with Gasteiger partial charge in [-0.05, 0) is 56.3 Å². The van der Waals surface area contributed by atoms with E-state index in [2.05, 4.69) is 10.6 Å². The number of sulfonamides is 1. The number of aryl methyl sites for hydroxylation is 1. The van der Waals surface area contributed by atoms with Gasteiger partial charge >= 0.3 is 0 Å². The summed E-state index contributed by atoms with van der Waals surface area (Å²) in [6.45, 7) is 4.31. The van der Waals surface area contributed by atoms with Gasteiger partial charge in [0.1, 0.15) is 11.4 Å². The zero-order valence-corrected chi connectivity index (χ0v) is 20.0. The fourth-order valence-corrected chi connectivity index (χ4v) is 5.41. The third kappa shape index (κ3) is 4.73. The fourth-order valence-electron chi connectivity index (χ4n) is 3.88. The second-order valence-corrected chi connectivity index (χ2v) is 9.55. The van der Waals surface area contributed by atoms with Crippen LogP contribution in [-0.4, -0.2) is 27.5 Å². The van der Waals surface area contributed by atoms with Crippen LogP contribution in [0.1, 0.15) is 18.1 Å². The average molecular weight is 493 g/mol. The van der Waals surface area contributed by atoms with E-state index in [0.29, 0.717) is 23.5 Å². The summed E-state index contributed by atoms with van der Waals surface area (Å²) in [5, 5.41) is 5.69. The molecule has 3 aromatic carbocycles. The van der Waals surface area contributed by atoms with Crippen molar-refractivity contribution in [1.82, 2.24) is 5.43 Å². The van der Waals surface area contributed by atoms with Crippen LogP contribution in [0.2, 0.25) is 0 Å². The van der Waals surface area contributed by atoms with E-state index in [-0.39, 0.29) is 22.8 Å². The molecule has 0 bridgehead atoms. The molecule has 4 rings (SSSR count). The summed E-state index contributed by atoms with van der Waals surface area (Å²) < 4.78 is 34.5. The van der Waals surface area contributed by atoms with E-state index in [1.54, 1.807) is 48.5 Å². The molecule has 10 heteroatoms. The second kappa shape index (κ2) is 9.98. The molecule has 0 atom stereocenters. The van der Waals surface area contributed by atoms with Crippen LogP contribution >= 0.6 is 0 Å². The van der Waals surface area contributed by atoms with Crippen LogP contribution in [-0.2, 0) is 14.8 Å². The first-order valence-corrected chi connectivity index (χ1v) is 12.3. The van der Waals surface area contributed by atoms with Crippen molar-refractivity contribution in [1.29, 1.82) is 0 Å². The predicted molar refractivity (Wildman–Crippen MR) is 134 cm³/mol. The molecule has 1 amide bonds. The Morgan fingerprint density at radius 2 is 1.74 bits per heavy atom. The summed E-state index contributed by atoms with van der Waals surface area (Å²) in [7, 11) is -4.31. The number of amides is 1. The van der Waals surface area contributed by atoms with E-state index in [9.17, 15) is 18.1 Å². The van der Waals surface area contributed by atoms with Crippen LogP contribution in [0.15, 0.2) is 88.7 Å². The number of nitrogens with zero attached hydrogens (tertiary/aromatic N) is 2. The van der Waals surface area contributed by atoms with Gasteiger partial charge in [0.25, 0.3) is 15.9 Å². The standard InChI is InChI=1S/C25H24N4O5S/c1-3-34-19-12-14-20(15-13-19)35(32,33)29(18-10-8-17(2)9-11-18)24(25(30)27-28-31)22-16-26-23-7-5-4-6-21(22)23/h4-15,26H,3,16H2,1-2H3,(H,27,30,31). The maximum absolute atomic E-state index is 14.0. The molecule has 0 saturated heterocycles.